The zero-order valence-corrected chi connectivity index (χ0v) is 24.0. The average molecular weight is 575 g/mol. The van der Waals surface area contributed by atoms with Crippen molar-refractivity contribution in [1.29, 1.82) is 0 Å². The maximum absolute atomic E-state index is 14.5. The highest BCUT2D eigenvalue weighted by atomic mass is 19.1. The van der Waals surface area contributed by atoms with E-state index in [1.807, 2.05) is 17.9 Å². The number of nitrogens with two attached hydrogens (primary N) is 1. The molecule has 220 valence electrons. The molecule has 0 bridgehead atoms. The number of hydrogen-bond donors (Lipinski definition) is 2. The SMILES string of the molecule is COc1cccc(-c2cc(F)ccc2[C@H]2Cc3nc(N)nc(C)c3/C(=N/OCC(=O)N3CCC4CN(C)CC4C3)N2)n1. The van der Waals surface area contributed by atoms with Crippen molar-refractivity contribution in [2.75, 3.05) is 52.7 Å². The summed E-state index contributed by atoms with van der Waals surface area (Å²) in [5.74, 6) is 1.63. The Kier molecular flexibility index (Phi) is 7.63. The molecule has 1 amide bonds. The summed E-state index contributed by atoms with van der Waals surface area (Å²) in [6.07, 6.45) is 1.44. The van der Waals surface area contributed by atoms with Gasteiger partial charge in [-0.15, -0.1) is 0 Å². The first-order valence-corrected chi connectivity index (χ1v) is 14.2. The number of benzene rings is 1. The fourth-order valence-electron chi connectivity index (χ4n) is 6.46. The van der Waals surface area contributed by atoms with Crippen LogP contribution in [0.5, 0.6) is 5.88 Å². The number of carbonyl (C=O) groups is 1. The van der Waals surface area contributed by atoms with Crippen molar-refractivity contribution in [3.63, 3.8) is 0 Å². The maximum Gasteiger partial charge on any atom is 0.263 e. The van der Waals surface area contributed by atoms with Crippen molar-refractivity contribution >= 4 is 17.7 Å². The number of amides is 1. The quantitative estimate of drug-likeness (QED) is 0.427. The monoisotopic (exact) mass is 574 g/mol. The zero-order valence-electron chi connectivity index (χ0n) is 24.0. The molecule has 2 saturated heterocycles. The van der Waals surface area contributed by atoms with E-state index in [-0.39, 0.29) is 30.3 Å². The minimum absolute atomic E-state index is 0.0878. The lowest BCUT2D eigenvalue weighted by molar-refractivity contribution is -0.138. The molecular weight excluding hydrogens is 539 g/mol. The number of nitrogens with zero attached hydrogens (tertiary/aromatic N) is 6. The lowest BCUT2D eigenvalue weighted by Gasteiger charge is -2.34. The highest BCUT2D eigenvalue weighted by molar-refractivity contribution is 6.01. The third-order valence-electron chi connectivity index (χ3n) is 8.41. The van der Waals surface area contributed by atoms with Crippen molar-refractivity contribution in [1.82, 2.24) is 30.1 Å². The molecule has 3 aromatic rings. The third kappa shape index (κ3) is 5.58. The van der Waals surface area contributed by atoms with Gasteiger partial charge in [0.05, 0.1) is 35.8 Å². The van der Waals surface area contributed by atoms with E-state index < -0.39 is 0 Å². The van der Waals surface area contributed by atoms with Gasteiger partial charge >= 0.3 is 0 Å². The number of halogens is 1. The smallest absolute Gasteiger partial charge is 0.263 e. The minimum Gasteiger partial charge on any atom is -0.481 e. The van der Waals surface area contributed by atoms with Gasteiger partial charge in [0.25, 0.3) is 5.91 Å². The van der Waals surface area contributed by atoms with Crippen LogP contribution in [-0.2, 0) is 16.1 Å². The van der Waals surface area contributed by atoms with Crippen molar-refractivity contribution < 1.29 is 18.8 Å². The number of rotatable bonds is 6. The summed E-state index contributed by atoms with van der Waals surface area (Å²) in [6, 6.07) is 9.56. The number of hydrogen-bond acceptors (Lipinski definition) is 9. The van der Waals surface area contributed by atoms with E-state index in [2.05, 4.69) is 37.4 Å². The van der Waals surface area contributed by atoms with E-state index in [1.54, 1.807) is 18.2 Å². The van der Waals surface area contributed by atoms with E-state index in [1.165, 1.54) is 19.2 Å². The number of pyridine rings is 1. The number of nitrogens with one attached hydrogen (secondary N) is 1. The number of carbonyl (C=O) groups excluding carboxylic acids is 1. The van der Waals surface area contributed by atoms with Gasteiger partial charge in [0, 0.05) is 44.2 Å². The topological polar surface area (TPSA) is 131 Å². The largest absolute Gasteiger partial charge is 0.481 e. The minimum atomic E-state index is -0.388. The van der Waals surface area contributed by atoms with Crippen LogP contribution in [-0.4, -0.2) is 83.4 Å². The Bertz CT molecular complexity index is 1530. The molecule has 0 aliphatic carbocycles. The van der Waals surface area contributed by atoms with Crippen molar-refractivity contribution in [2.24, 2.45) is 17.0 Å². The zero-order chi connectivity index (χ0) is 29.4. The van der Waals surface area contributed by atoms with Gasteiger partial charge in [-0.2, -0.15) is 0 Å². The summed E-state index contributed by atoms with van der Waals surface area (Å²) in [5, 5.41) is 7.80. The Hall–Kier alpha value is -4.32. The molecular formula is C30H35FN8O3. The van der Waals surface area contributed by atoms with Crippen molar-refractivity contribution in [3.05, 3.63) is 64.7 Å². The number of nitrogen functional groups attached to an aromatic ring is 1. The number of fused-ring (bicyclic) bond motifs is 2. The lowest BCUT2D eigenvalue weighted by Crippen LogP contribution is -2.44. The predicted octanol–water partition coefficient (Wildman–Crippen LogP) is 2.55. The third-order valence-corrected chi connectivity index (χ3v) is 8.41. The second-order valence-electron chi connectivity index (χ2n) is 11.3. The average Bonchev–Trinajstić information content (AvgIpc) is 3.35. The number of amidine groups is 1. The van der Waals surface area contributed by atoms with Gasteiger partial charge in [-0.25, -0.2) is 19.3 Å². The van der Waals surface area contributed by atoms with Crippen molar-refractivity contribution in [2.45, 2.75) is 25.8 Å². The molecule has 6 rings (SSSR count). The van der Waals surface area contributed by atoms with Crippen LogP contribution in [0.1, 0.15) is 35.0 Å². The summed E-state index contributed by atoms with van der Waals surface area (Å²) in [7, 11) is 3.67. The van der Waals surface area contributed by atoms with Gasteiger partial charge in [0.15, 0.2) is 12.4 Å². The Morgan fingerprint density at radius 2 is 2.00 bits per heavy atom. The fraction of sp³-hybridized carbons (Fsp3) is 0.433. The highest BCUT2D eigenvalue weighted by Crippen LogP contribution is 2.34. The molecule has 2 fully saturated rings. The van der Waals surface area contributed by atoms with Crippen LogP contribution in [0.25, 0.3) is 11.3 Å². The Balaban J connectivity index is 1.26. The first-order chi connectivity index (χ1) is 20.3. The molecule has 42 heavy (non-hydrogen) atoms. The number of aryl methyl sites for hydroxylation is 1. The summed E-state index contributed by atoms with van der Waals surface area (Å²) in [5.41, 5.74) is 9.95. The van der Waals surface area contributed by atoms with Gasteiger partial charge in [-0.05, 0) is 56.0 Å². The van der Waals surface area contributed by atoms with E-state index in [0.29, 0.717) is 58.2 Å². The Labute approximate surface area is 243 Å². The van der Waals surface area contributed by atoms with E-state index >= 15 is 0 Å². The number of oxime groups is 1. The second-order valence-corrected chi connectivity index (χ2v) is 11.3. The molecule has 3 aliphatic heterocycles. The maximum atomic E-state index is 14.5. The van der Waals surface area contributed by atoms with Crippen LogP contribution >= 0.6 is 0 Å². The van der Waals surface area contributed by atoms with E-state index in [9.17, 15) is 9.18 Å². The lowest BCUT2D eigenvalue weighted by atomic mass is 9.89. The van der Waals surface area contributed by atoms with E-state index in [4.69, 9.17) is 15.3 Å². The number of methoxy groups -OCH3 is 1. The fourth-order valence-corrected chi connectivity index (χ4v) is 6.46. The van der Waals surface area contributed by atoms with Crippen LogP contribution in [0.4, 0.5) is 10.3 Å². The van der Waals surface area contributed by atoms with Gasteiger partial charge in [0.2, 0.25) is 11.8 Å². The van der Waals surface area contributed by atoms with Crippen LogP contribution in [0.3, 0.4) is 0 Å². The Morgan fingerprint density at radius 3 is 2.83 bits per heavy atom. The molecule has 0 spiro atoms. The van der Waals surface area contributed by atoms with Crippen LogP contribution < -0.4 is 15.8 Å². The summed E-state index contributed by atoms with van der Waals surface area (Å²) in [6.45, 7) is 5.23. The molecule has 0 saturated carbocycles. The summed E-state index contributed by atoms with van der Waals surface area (Å²) in [4.78, 5) is 36.3. The normalized spacial score (nSPS) is 22.8. The second kappa shape index (κ2) is 11.5. The summed E-state index contributed by atoms with van der Waals surface area (Å²) < 4.78 is 19.8. The Morgan fingerprint density at radius 1 is 1.17 bits per heavy atom. The number of aromatic nitrogens is 3. The molecule has 5 heterocycles. The summed E-state index contributed by atoms with van der Waals surface area (Å²) >= 11 is 0. The molecule has 2 unspecified atom stereocenters. The standard InChI is InChI=1S/C30H35FN8O3/c1-17-28-25(36-30(32)33-17)12-24(21-8-7-20(31)11-22(21)23-5-4-6-26(34-23)41-3)35-29(28)37-42-16-27(40)39-10-9-18-13-38(2)14-19(18)15-39/h4-8,11,18-19,24H,9-10,12-16H2,1-3H3,(H,35,37)(H2,32,33,36)/t18?,19?,24-/m1/s1. The first kappa shape index (κ1) is 27.8. The van der Waals surface area contributed by atoms with Crippen LogP contribution in [0.15, 0.2) is 41.6 Å². The predicted molar refractivity (Wildman–Crippen MR) is 155 cm³/mol. The van der Waals surface area contributed by atoms with Gasteiger partial charge in [-0.1, -0.05) is 17.3 Å². The first-order valence-electron chi connectivity index (χ1n) is 14.2. The van der Waals surface area contributed by atoms with Gasteiger partial charge in [-0.3, -0.25) is 4.79 Å². The number of likely N-dealkylation sites (tertiary alicyclic amines) is 2. The molecule has 3 atom stereocenters. The number of piperidine rings is 1. The van der Waals surface area contributed by atoms with Gasteiger partial charge < -0.3 is 30.4 Å². The molecule has 3 N–H and O–H groups in total. The molecule has 2 aromatic heterocycles. The van der Waals surface area contributed by atoms with Crippen LogP contribution in [0.2, 0.25) is 0 Å². The van der Waals surface area contributed by atoms with Gasteiger partial charge in [0.1, 0.15) is 5.82 Å². The number of anilines is 1. The molecule has 1 aromatic carbocycles. The molecule has 0 radical (unpaired) electrons. The molecule has 12 heteroatoms. The molecule has 3 aliphatic rings. The molecule has 11 nitrogen and oxygen atoms in total. The highest BCUT2D eigenvalue weighted by Gasteiger charge is 2.37. The number of ether oxygens (including phenoxy) is 1. The van der Waals surface area contributed by atoms with Crippen LogP contribution in [0, 0.1) is 24.6 Å². The van der Waals surface area contributed by atoms with Crippen molar-refractivity contribution in [3.8, 4) is 17.1 Å². The van der Waals surface area contributed by atoms with E-state index in [0.717, 1.165) is 38.2 Å².